The lowest BCUT2D eigenvalue weighted by molar-refractivity contribution is -0.128. The van der Waals surface area contributed by atoms with Crippen molar-refractivity contribution in [1.29, 1.82) is 0 Å². The zero-order chi connectivity index (χ0) is 30.9. The number of pyridine rings is 2. The van der Waals surface area contributed by atoms with Gasteiger partial charge in [-0.1, -0.05) is 52.0 Å². The number of carbonyl (C=O) groups excluding carboxylic acids is 1. The molecule has 0 saturated carbocycles. The van der Waals surface area contributed by atoms with Gasteiger partial charge in [-0.05, 0) is 60.7 Å². The van der Waals surface area contributed by atoms with Gasteiger partial charge in [0.2, 0.25) is 5.91 Å². The van der Waals surface area contributed by atoms with Crippen molar-refractivity contribution >= 4 is 27.6 Å². The molecule has 6 rings (SSSR count). The summed E-state index contributed by atoms with van der Waals surface area (Å²) in [5, 5.41) is 5.90. The second-order valence-electron chi connectivity index (χ2n) is 9.91. The maximum Gasteiger partial charge on any atom is 0.274 e. The molecule has 1 unspecified atom stereocenters. The van der Waals surface area contributed by atoms with Crippen molar-refractivity contribution in [2.45, 2.75) is 54.1 Å². The fourth-order valence-electron chi connectivity index (χ4n) is 5.27. The van der Waals surface area contributed by atoms with Crippen LogP contribution in [-0.2, 0) is 11.3 Å². The van der Waals surface area contributed by atoms with Gasteiger partial charge in [-0.3, -0.25) is 19.5 Å². The zero-order valence-electron chi connectivity index (χ0n) is 26.1. The van der Waals surface area contributed by atoms with E-state index in [9.17, 15) is 9.59 Å². The second kappa shape index (κ2) is 14.6. The highest BCUT2D eigenvalue weighted by Gasteiger charge is 2.24. The molecule has 2 aromatic carbocycles. The smallest absolute Gasteiger partial charge is 0.274 e. The molecular formula is C35H43N5O3. The average molecular weight is 582 g/mol. The topological polar surface area (TPSA) is 92.2 Å². The minimum absolute atomic E-state index is 0.0197. The Hall–Kier alpha value is -4.43. The van der Waals surface area contributed by atoms with E-state index < -0.39 is 0 Å². The molecule has 1 saturated heterocycles. The van der Waals surface area contributed by atoms with Crippen LogP contribution in [0.25, 0.3) is 44.1 Å². The van der Waals surface area contributed by atoms with Crippen LogP contribution in [-0.4, -0.2) is 57.6 Å². The normalized spacial score (nSPS) is 14.8. The second-order valence-corrected chi connectivity index (χ2v) is 9.91. The summed E-state index contributed by atoms with van der Waals surface area (Å²) >= 11 is 0. The summed E-state index contributed by atoms with van der Waals surface area (Å²) < 4.78 is 7.66. The first-order valence-electron chi connectivity index (χ1n) is 15.4. The van der Waals surface area contributed by atoms with E-state index >= 15 is 0 Å². The third-order valence-corrected chi connectivity index (χ3v) is 7.60. The van der Waals surface area contributed by atoms with Crippen LogP contribution in [0.2, 0.25) is 0 Å². The van der Waals surface area contributed by atoms with Crippen molar-refractivity contribution in [1.82, 2.24) is 24.8 Å². The number of fused-ring (bicyclic) bond motifs is 2. The van der Waals surface area contributed by atoms with Crippen molar-refractivity contribution in [3.8, 4) is 28.1 Å². The number of amides is 1. The van der Waals surface area contributed by atoms with Crippen LogP contribution in [0, 0.1) is 0 Å². The van der Waals surface area contributed by atoms with Crippen LogP contribution in [0.4, 0.5) is 0 Å². The number of nitrogens with zero attached hydrogens (tertiary/aromatic N) is 3. The van der Waals surface area contributed by atoms with Crippen LogP contribution in [0.1, 0.15) is 41.5 Å². The first kappa shape index (κ1) is 31.5. The molecule has 1 aliphatic heterocycles. The minimum Gasteiger partial charge on any atom is -0.492 e. The predicted octanol–water partition coefficient (Wildman–Crippen LogP) is 6.48. The number of H-pyrrole nitrogens is 1. The number of carbonyl (C=O) groups is 1. The molecule has 226 valence electrons. The van der Waals surface area contributed by atoms with Gasteiger partial charge in [0.25, 0.3) is 5.56 Å². The number of ether oxygens (including phenoxy) is 1. The molecule has 0 aliphatic carbocycles. The first-order valence-corrected chi connectivity index (χ1v) is 15.4. The first-order chi connectivity index (χ1) is 21.0. The van der Waals surface area contributed by atoms with Gasteiger partial charge in [0.05, 0.1) is 11.7 Å². The molecule has 1 aliphatic rings. The maximum atomic E-state index is 12.6. The van der Waals surface area contributed by atoms with E-state index in [-0.39, 0.29) is 17.5 Å². The fraction of sp³-hybridized carbons (Fsp3) is 0.343. The van der Waals surface area contributed by atoms with Crippen molar-refractivity contribution in [2.75, 3.05) is 26.2 Å². The monoisotopic (exact) mass is 581 g/mol. The Kier molecular flexibility index (Phi) is 10.7. The van der Waals surface area contributed by atoms with Gasteiger partial charge in [0.1, 0.15) is 17.9 Å². The number of hydrogen-bond acceptors (Lipinski definition) is 5. The van der Waals surface area contributed by atoms with Crippen LogP contribution in [0.5, 0.6) is 5.75 Å². The number of benzene rings is 2. The summed E-state index contributed by atoms with van der Waals surface area (Å²) in [4.78, 5) is 34.5. The summed E-state index contributed by atoms with van der Waals surface area (Å²) in [6.07, 6.45) is 5.59. The van der Waals surface area contributed by atoms with Crippen molar-refractivity contribution in [3.63, 3.8) is 0 Å². The molecule has 0 bridgehead atoms. The standard InChI is InChI=1S/C31H31N5O3.2C2H6/c1-3-35-19-27(26-10-11-32-29(26)31(35)38)28-17-23-5-4-22(16-24(23)18-34-28)21-6-8-25(9-7-21)39-15-14-36-13-12-33-30(37)20(36)2;2*1-2/h4-11,16-20,32H,3,12-15H2,1-2H3,(H,33,37);2*1-2H3. The Bertz CT molecular complexity index is 1720. The third-order valence-electron chi connectivity index (χ3n) is 7.60. The number of piperazine rings is 1. The van der Waals surface area contributed by atoms with Crippen LogP contribution < -0.4 is 15.6 Å². The van der Waals surface area contributed by atoms with E-state index in [1.165, 1.54) is 0 Å². The summed E-state index contributed by atoms with van der Waals surface area (Å²) in [5.41, 5.74) is 4.56. The summed E-state index contributed by atoms with van der Waals surface area (Å²) in [6, 6.07) is 18.3. The molecule has 2 N–H and O–H groups in total. The molecule has 4 heterocycles. The number of aromatic nitrogens is 3. The number of rotatable bonds is 7. The minimum atomic E-state index is -0.121. The van der Waals surface area contributed by atoms with E-state index in [1.807, 2.05) is 72.1 Å². The largest absolute Gasteiger partial charge is 0.492 e. The lowest BCUT2D eigenvalue weighted by Crippen LogP contribution is -2.54. The number of hydrogen-bond donors (Lipinski definition) is 2. The van der Waals surface area contributed by atoms with Crippen LogP contribution in [0.15, 0.2) is 78.0 Å². The predicted molar refractivity (Wildman–Crippen MR) is 177 cm³/mol. The highest BCUT2D eigenvalue weighted by molar-refractivity contribution is 5.96. The lowest BCUT2D eigenvalue weighted by atomic mass is 10.0. The zero-order valence-corrected chi connectivity index (χ0v) is 26.1. The molecule has 1 amide bonds. The SMILES string of the molecule is CC.CC.CCn1cc(-c2cc3ccc(-c4ccc(OCCN5CCNC(=O)C5C)cc4)cc3cn2)c2cc[nH]c2c1=O. The van der Waals surface area contributed by atoms with Crippen LogP contribution >= 0.6 is 0 Å². The average Bonchev–Trinajstić information content (AvgIpc) is 3.56. The quantitative estimate of drug-likeness (QED) is 0.229. The van der Waals surface area contributed by atoms with Crippen molar-refractivity contribution < 1.29 is 9.53 Å². The molecule has 8 nitrogen and oxygen atoms in total. The molecule has 0 radical (unpaired) electrons. The number of aromatic amines is 1. The highest BCUT2D eigenvalue weighted by Crippen LogP contribution is 2.30. The molecule has 1 atom stereocenters. The molecule has 5 aromatic rings. The Morgan fingerprint density at radius 3 is 2.44 bits per heavy atom. The molecule has 0 spiro atoms. The van der Waals surface area contributed by atoms with Crippen molar-refractivity contribution in [2.24, 2.45) is 0 Å². The van der Waals surface area contributed by atoms with Crippen molar-refractivity contribution in [3.05, 3.63) is 83.5 Å². The van der Waals surface area contributed by atoms with E-state index in [0.717, 1.165) is 50.8 Å². The van der Waals surface area contributed by atoms with Gasteiger partial charge >= 0.3 is 0 Å². The van der Waals surface area contributed by atoms with Gasteiger partial charge in [-0.25, -0.2) is 0 Å². The third kappa shape index (κ3) is 6.81. The lowest BCUT2D eigenvalue weighted by Gasteiger charge is -2.32. The van der Waals surface area contributed by atoms with Gasteiger partial charge in [-0.15, -0.1) is 0 Å². The maximum absolute atomic E-state index is 12.6. The Morgan fingerprint density at radius 1 is 0.953 bits per heavy atom. The Morgan fingerprint density at radius 2 is 1.70 bits per heavy atom. The Balaban J connectivity index is 0.00000102. The van der Waals surface area contributed by atoms with Gasteiger partial charge < -0.3 is 19.6 Å². The number of nitrogens with one attached hydrogen (secondary N) is 2. The van der Waals surface area contributed by atoms with E-state index in [4.69, 9.17) is 9.72 Å². The highest BCUT2D eigenvalue weighted by atomic mass is 16.5. The number of aryl methyl sites for hydroxylation is 1. The molecule has 43 heavy (non-hydrogen) atoms. The fourth-order valence-corrected chi connectivity index (χ4v) is 5.27. The summed E-state index contributed by atoms with van der Waals surface area (Å²) in [6.45, 7) is 15.3. The van der Waals surface area contributed by atoms with Crippen LogP contribution in [0.3, 0.4) is 0 Å². The van der Waals surface area contributed by atoms with E-state index in [2.05, 4.69) is 51.6 Å². The molecular weight excluding hydrogens is 538 g/mol. The molecule has 1 fully saturated rings. The van der Waals surface area contributed by atoms with Gasteiger partial charge in [0.15, 0.2) is 0 Å². The Labute approximate surface area is 253 Å². The summed E-state index contributed by atoms with van der Waals surface area (Å²) in [7, 11) is 0. The molecule has 8 heteroatoms. The van der Waals surface area contributed by atoms with E-state index in [1.54, 1.807) is 10.8 Å². The van der Waals surface area contributed by atoms with E-state index in [0.29, 0.717) is 31.8 Å². The summed E-state index contributed by atoms with van der Waals surface area (Å²) in [5.74, 6) is 0.886. The van der Waals surface area contributed by atoms with Gasteiger partial charge in [-0.2, -0.15) is 0 Å². The molecule has 3 aromatic heterocycles. The van der Waals surface area contributed by atoms with Gasteiger partial charge in [0, 0.05) is 61.1 Å².